The van der Waals surface area contributed by atoms with E-state index in [1.54, 1.807) is 4.90 Å². The van der Waals surface area contributed by atoms with Gasteiger partial charge in [-0.1, -0.05) is 11.6 Å². The highest BCUT2D eigenvalue weighted by atomic mass is 35.5. The van der Waals surface area contributed by atoms with E-state index in [2.05, 4.69) is 15.3 Å². The predicted octanol–water partition coefficient (Wildman–Crippen LogP) is 1.39. The number of β-amino-alcohol motifs (C(OH)–C–C–N with tert-alkyl or cyclic N) is 1. The molecule has 9 nitrogen and oxygen atoms in total. The van der Waals surface area contributed by atoms with Gasteiger partial charge < -0.3 is 31.1 Å². The Kier molecular flexibility index (Phi) is 6.82. The lowest BCUT2D eigenvalue weighted by atomic mass is 10.0. The van der Waals surface area contributed by atoms with Gasteiger partial charge in [-0.15, -0.1) is 0 Å². The highest BCUT2D eigenvalue weighted by Crippen LogP contribution is 2.28. The predicted molar refractivity (Wildman–Crippen MR) is 119 cm³/mol. The Labute approximate surface area is 194 Å². The molecule has 0 spiro atoms. The van der Waals surface area contributed by atoms with Crippen LogP contribution in [0.15, 0.2) is 24.5 Å². The molecule has 1 aromatic carbocycles. The second kappa shape index (κ2) is 9.62. The number of hydrogen-bond donors (Lipinski definition) is 4. The number of carbonyl (C=O) groups is 1. The smallest absolute Gasteiger partial charge is 0.245 e. The molecule has 4 atom stereocenters. The van der Waals surface area contributed by atoms with E-state index in [0.717, 1.165) is 6.07 Å². The number of nitrogens with one attached hydrogen (secondary N) is 1. The Morgan fingerprint density at radius 3 is 2.70 bits per heavy atom. The molecule has 0 aliphatic carbocycles. The van der Waals surface area contributed by atoms with Crippen molar-refractivity contribution >= 4 is 34.8 Å². The number of carbonyl (C=O) groups excluding carboxylic acids is 1. The number of nitrogens with zero attached hydrogens (tertiary/aromatic N) is 4. The van der Waals surface area contributed by atoms with Crippen molar-refractivity contribution in [3.63, 3.8) is 0 Å². The summed E-state index contributed by atoms with van der Waals surface area (Å²) in [6, 6.07) is 2.52. The van der Waals surface area contributed by atoms with Crippen LogP contribution in [0.2, 0.25) is 5.02 Å². The largest absolute Gasteiger partial charge is 0.390 e. The minimum Gasteiger partial charge on any atom is -0.390 e. The Morgan fingerprint density at radius 2 is 1.94 bits per heavy atom. The molecule has 1 aromatic heterocycles. The molecule has 0 radical (unpaired) electrons. The van der Waals surface area contributed by atoms with Crippen molar-refractivity contribution in [3.8, 4) is 0 Å². The number of aromatic nitrogens is 2. The van der Waals surface area contributed by atoms with Crippen LogP contribution in [0.3, 0.4) is 0 Å². The van der Waals surface area contributed by atoms with Crippen molar-refractivity contribution in [2.45, 2.75) is 43.6 Å². The molecule has 4 rings (SSSR count). The van der Waals surface area contributed by atoms with Gasteiger partial charge in [-0.3, -0.25) is 4.79 Å². The van der Waals surface area contributed by atoms with Gasteiger partial charge in [-0.05, 0) is 31.0 Å². The number of likely N-dealkylation sites (tertiary alicyclic amines) is 1. The number of halogens is 3. The molecule has 0 bridgehead atoms. The summed E-state index contributed by atoms with van der Waals surface area (Å²) in [5.41, 5.74) is 5.85. The van der Waals surface area contributed by atoms with Crippen LogP contribution in [-0.2, 0) is 4.79 Å². The zero-order valence-electron chi connectivity index (χ0n) is 17.7. The molecule has 2 aliphatic heterocycles. The number of rotatable bonds is 4. The average Bonchev–Trinajstić information content (AvgIpc) is 2.87. The molecular weight excluding hydrogens is 458 g/mol. The van der Waals surface area contributed by atoms with Crippen molar-refractivity contribution in [2.75, 3.05) is 35.6 Å². The summed E-state index contributed by atoms with van der Waals surface area (Å²) in [5, 5.41) is 23.9. The maximum absolute atomic E-state index is 14.5. The summed E-state index contributed by atoms with van der Waals surface area (Å²) in [6.07, 6.45) is 0.0363. The second-order valence-corrected chi connectivity index (χ2v) is 8.79. The maximum Gasteiger partial charge on any atom is 0.245 e. The monoisotopic (exact) mass is 482 g/mol. The fraction of sp³-hybridized carbons (Fsp3) is 0.476. The first-order valence-electron chi connectivity index (χ1n) is 10.6. The Bertz CT molecular complexity index is 1010. The third-order valence-electron chi connectivity index (χ3n) is 6.02. The van der Waals surface area contributed by atoms with Gasteiger partial charge in [0.25, 0.3) is 0 Å². The average molecular weight is 483 g/mol. The lowest BCUT2D eigenvalue weighted by Gasteiger charge is -2.40. The third kappa shape index (κ3) is 5.10. The fourth-order valence-electron chi connectivity index (χ4n) is 4.40. The van der Waals surface area contributed by atoms with Crippen LogP contribution in [0.25, 0.3) is 0 Å². The summed E-state index contributed by atoms with van der Waals surface area (Å²) in [7, 11) is 0. The van der Waals surface area contributed by atoms with Crippen molar-refractivity contribution in [1.82, 2.24) is 14.9 Å². The van der Waals surface area contributed by atoms with Gasteiger partial charge in [-0.2, -0.15) is 4.39 Å². The van der Waals surface area contributed by atoms with Crippen LogP contribution in [-0.4, -0.2) is 74.9 Å². The number of aliphatic hydroxyl groups excluding tert-OH is 2. The summed E-state index contributed by atoms with van der Waals surface area (Å²) >= 11 is 5.92. The number of aliphatic hydroxyl groups is 2. The summed E-state index contributed by atoms with van der Waals surface area (Å²) in [6.45, 7) is 0.690. The molecule has 3 unspecified atom stereocenters. The molecule has 2 aliphatic rings. The van der Waals surface area contributed by atoms with E-state index in [4.69, 9.17) is 17.3 Å². The van der Waals surface area contributed by atoms with Crippen LogP contribution in [0, 0.1) is 11.6 Å². The lowest BCUT2D eigenvalue weighted by molar-refractivity contribution is -0.135. The van der Waals surface area contributed by atoms with Gasteiger partial charge in [0.05, 0.1) is 12.2 Å². The standard InChI is InChI=1S/C21H25ClF2N6O3/c22-11-4-12(23)6-13(5-11)28-15-7-16(31)17(32)9-30(21(15)33)14-2-1-3-29(8-14)20-18(24)19(25)26-10-27-20/h4-6,10,14-17,28,31-32H,1-3,7-9H2,(H2,25,26,27)/t14-,15?,16?,17?/m1/s1. The van der Waals surface area contributed by atoms with Gasteiger partial charge in [0, 0.05) is 42.8 Å². The number of piperidine rings is 1. The van der Waals surface area contributed by atoms with E-state index < -0.39 is 29.9 Å². The van der Waals surface area contributed by atoms with Gasteiger partial charge in [0.15, 0.2) is 11.6 Å². The van der Waals surface area contributed by atoms with Crippen LogP contribution in [0.4, 0.5) is 26.1 Å². The van der Waals surface area contributed by atoms with Crippen LogP contribution >= 0.6 is 11.6 Å². The zero-order valence-corrected chi connectivity index (χ0v) is 18.4. The quantitative estimate of drug-likeness (QED) is 0.515. The molecular formula is C21H25ClF2N6O3. The molecule has 2 aromatic rings. The van der Waals surface area contributed by atoms with Crippen LogP contribution in [0.5, 0.6) is 0 Å². The summed E-state index contributed by atoms with van der Waals surface area (Å²) in [5.74, 6) is -1.86. The van der Waals surface area contributed by atoms with Crippen molar-refractivity contribution < 1.29 is 23.8 Å². The fourth-order valence-corrected chi connectivity index (χ4v) is 4.62. The number of hydrogen-bond acceptors (Lipinski definition) is 8. The molecule has 3 heterocycles. The van der Waals surface area contributed by atoms with E-state index in [9.17, 15) is 23.8 Å². The Hall–Kier alpha value is -2.76. The maximum atomic E-state index is 14.5. The topological polar surface area (TPSA) is 128 Å². The first-order chi connectivity index (χ1) is 15.7. The molecule has 2 saturated heterocycles. The van der Waals surface area contributed by atoms with Gasteiger partial charge in [-0.25, -0.2) is 14.4 Å². The molecule has 33 heavy (non-hydrogen) atoms. The first kappa shape index (κ1) is 23.4. The number of anilines is 3. The number of nitrogen functional groups attached to an aromatic ring is 1. The normalized spacial score (nSPS) is 26.3. The SMILES string of the molecule is Nc1ncnc(N2CCC[C@@H](N3CC(O)C(O)CC(Nc4cc(F)cc(Cl)c4)C3=O)C2)c1F. The number of benzene rings is 1. The summed E-state index contributed by atoms with van der Waals surface area (Å²) in [4.78, 5) is 24.3. The van der Waals surface area contributed by atoms with Crippen molar-refractivity contribution in [1.29, 1.82) is 0 Å². The molecule has 1 amide bonds. The van der Waals surface area contributed by atoms with Crippen molar-refractivity contribution in [3.05, 3.63) is 41.2 Å². The molecule has 0 saturated carbocycles. The van der Waals surface area contributed by atoms with Crippen molar-refractivity contribution in [2.24, 2.45) is 0 Å². The molecule has 12 heteroatoms. The van der Waals surface area contributed by atoms with Crippen LogP contribution in [0.1, 0.15) is 19.3 Å². The Balaban J connectivity index is 1.57. The lowest BCUT2D eigenvalue weighted by Crippen LogP contribution is -2.54. The van der Waals surface area contributed by atoms with E-state index in [0.29, 0.717) is 19.4 Å². The summed E-state index contributed by atoms with van der Waals surface area (Å²) < 4.78 is 28.2. The molecule has 5 N–H and O–H groups in total. The van der Waals surface area contributed by atoms with Gasteiger partial charge >= 0.3 is 0 Å². The highest BCUT2D eigenvalue weighted by molar-refractivity contribution is 6.30. The third-order valence-corrected chi connectivity index (χ3v) is 6.24. The van der Waals surface area contributed by atoms with E-state index in [1.165, 1.54) is 23.4 Å². The van der Waals surface area contributed by atoms with E-state index in [-0.39, 0.29) is 53.8 Å². The minimum atomic E-state index is -1.17. The number of nitrogens with two attached hydrogens (primary N) is 1. The van der Waals surface area contributed by atoms with E-state index in [1.807, 2.05) is 0 Å². The Morgan fingerprint density at radius 1 is 1.15 bits per heavy atom. The van der Waals surface area contributed by atoms with Gasteiger partial charge in [0.2, 0.25) is 11.7 Å². The molecule has 178 valence electrons. The second-order valence-electron chi connectivity index (χ2n) is 8.35. The number of amides is 1. The molecule has 2 fully saturated rings. The van der Waals surface area contributed by atoms with Crippen LogP contribution < -0.4 is 16.0 Å². The first-order valence-corrected chi connectivity index (χ1v) is 11.0. The minimum absolute atomic E-state index is 0.0548. The van der Waals surface area contributed by atoms with Gasteiger partial charge in [0.1, 0.15) is 18.2 Å². The van der Waals surface area contributed by atoms with E-state index >= 15 is 0 Å². The zero-order chi connectivity index (χ0) is 23.7. The highest BCUT2D eigenvalue weighted by Gasteiger charge is 2.40.